The molecule has 0 aromatic carbocycles. The van der Waals surface area contributed by atoms with Gasteiger partial charge in [-0.15, -0.1) is 0 Å². The van der Waals surface area contributed by atoms with Crippen LogP contribution in [-0.4, -0.2) is 17.3 Å². The number of hydrogen-bond donors (Lipinski definition) is 1. The summed E-state index contributed by atoms with van der Waals surface area (Å²) in [5.74, 6) is 0.283. The second kappa shape index (κ2) is 2.70. The predicted molar refractivity (Wildman–Crippen MR) is 36.4 cm³/mol. The average molecular weight is 161 g/mol. The lowest BCUT2D eigenvalue weighted by molar-refractivity contribution is 0.411. The Morgan fingerprint density at radius 3 is 3.00 bits per heavy atom. The molecule has 1 rings (SSSR count). The summed E-state index contributed by atoms with van der Waals surface area (Å²) < 4.78 is 4.71. The van der Waals surface area contributed by atoms with E-state index in [2.05, 4.69) is 10.2 Å². The molecular formula is C5H5ClN2O2. The smallest absolute Gasteiger partial charge is 0.286 e. The van der Waals surface area contributed by atoms with Gasteiger partial charge in [-0.25, -0.2) is 5.10 Å². The van der Waals surface area contributed by atoms with Gasteiger partial charge in [-0.1, -0.05) is 11.6 Å². The summed E-state index contributed by atoms with van der Waals surface area (Å²) in [4.78, 5) is 10.7. The molecule has 1 aromatic heterocycles. The third-order valence-corrected chi connectivity index (χ3v) is 1.34. The molecule has 1 N–H and O–H groups in total. The number of aromatic amines is 1. The summed E-state index contributed by atoms with van der Waals surface area (Å²) in [6, 6.07) is 0. The van der Waals surface area contributed by atoms with Gasteiger partial charge in [-0.3, -0.25) is 4.79 Å². The SMILES string of the molecule is COc1cn[nH]c(=O)c1Cl. The van der Waals surface area contributed by atoms with E-state index in [0.29, 0.717) is 0 Å². The van der Waals surface area contributed by atoms with Crippen LogP contribution in [0.2, 0.25) is 5.02 Å². The number of nitrogens with zero attached hydrogens (tertiary/aromatic N) is 1. The van der Waals surface area contributed by atoms with Crippen molar-refractivity contribution < 1.29 is 4.74 Å². The van der Waals surface area contributed by atoms with E-state index in [4.69, 9.17) is 16.3 Å². The Morgan fingerprint density at radius 2 is 2.50 bits per heavy atom. The van der Waals surface area contributed by atoms with Crippen molar-refractivity contribution in [1.82, 2.24) is 10.2 Å². The molecule has 1 heterocycles. The van der Waals surface area contributed by atoms with Crippen LogP contribution in [0.25, 0.3) is 0 Å². The average Bonchev–Trinajstić information content (AvgIpc) is 1.95. The minimum Gasteiger partial charge on any atom is -0.493 e. The van der Waals surface area contributed by atoms with E-state index < -0.39 is 5.56 Å². The molecule has 0 aliphatic carbocycles. The fourth-order valence-corrected chi connectivity index (χ4v) is 0.678. The highest BCUT2D eigenvalue weighted by Gasteiger charge is 2.02. The fraction of sp³-hybridized carbons (Fsp3) is 0.200. The maximum atomic E-state index is 10.7. The van der Waals surface area contributed by atoms with E-state index in [0.717, 1.165) is 0 Å². The second-order valence-corrected chi connectivity index (χ2v) is 1.96. The van der Waals surface area contributed by atoms with Gasteiger partial charge in [0.15, 0.2) is 10.8 Å². The van der Waals surface area contributed by atoms with E-state index in [9.17, 15) is 4.79 Å². The van der Waals surface area contributed by atoms with Crippen molar-refractivity contribution in [1.29, 1.82) is 0 Å². The van der Waals surface area contributed by atoms with E-state index in [1.54, 1.807) is 0 Å². The van der Waals surface area contributed by atoms with Gasteiger partial charge in [-0.2, -0.15) is 5.10 Å². The quantitative estimate of drug-likeness (QED) is 0.648. The molecule has 4 nitrogen and oxygen atoms in total. The maximum Gasteiger partial charge on any atom is 0.286 e. The third-order valence-electron chi connectivity index (χ3n) is 0.983. The second-order valence-electron chi connectivity index (χ2n) is 1.58. The fourth-order valence-electron chi connectivity index (χ4n) is 0.509. The molecule has 10 heavy (non-hydrogen) atoms. The van der Waals surface area contributed by atoms with Crippen LogP contribution in [0.4, 0.5) is 0 Å². The molecule has 0 amide bonds. The standard InChI is InChI=1S/C5H5ClN2O2/c1-10-3-2-7-8-5(9)4(3)6/h2H,1H3,(H,8,9). The summed E-state index contributed by atoms with van der Waals surface area (Å²) in [5.41, 5.74) is -0.444. The van der Waals surface area contributed by atoms with Gasteiger partial charge in [-0.05, 0) is 0 Å². The first-order valence-corrected chi connectivity index (χ1v) is 2.90. The zero-order valence-corrected chi connectivity index (χ0v) is 5.97. The summed E-state index contributed by atoms with van der Waals surface area (Å²) >= 11 is 5.48. The Hall–Kier alpha value is -1.03. The normalized spacial score (nSPS) is 9.40. The van der Waals surface area contributed by atoms with Crippen LogP contribution in [0.1, 0.15) is 0 Å². The highest BCUT2D eigenvalue weighted by molar-refractivity contribution is 6.31. The number of nitrogens with one attached hydrogen (secondary N) is 1. The molecule has 0 aliphatic heterocycles. The summed E-state index contributed by atoms with van der Waals surface area (Å²) in [6.45, 7) is 0. The van der Waals surface area contributed by atoms with Crippen LogP contribution in [0.5, 0.6) is 5.75 Å². The maximum absolute atomic E-state index is 10.7. The lowest BCUT2D eigenvalue weighted by Crippen LogP contribution is -2.08. The molecule has 0 atom stereocenters. The molecule has 5 heteroatoms. The van der Waals surface area contributed by atoms with E-state index in [-0.39, 0.29) is 10.8 Å². The zero-order valence-electron chi connectivity index (χ0n) is 5.22. The molecule has 0 aliphatic rings. The first-order chi connectivity index (χ1) is 4.75. The summed E-state index contributed by atoms with van der Waals surface area (Å²) in [7, 11) is 1.42. The van der Waals surface area contributed by atoms with Crippen LogP contribution in [0.15, 0.2) is 11.0 Å². The molecular weight excluding hydrogens is 156 g/mol. The van der Waals surface area contributed by atoms with Crippen LogP contribution in [0, 0.1) is 0 Å². The highest BCUT2D eigenvalue weighted by atomic mass is 35.5. The van der Waals surface area contributed by atoms with E-state index in [1.807, 2.05) is 0 Å². The molecule has 0 radical (unpaired) electrons. The largest absolute Gasteiger partial charge is 0.493 e. The van der Waals surface area contributed by atoms with Gasteiger partial charge in [0.05, 0.1) is 13.3 Å². The highest BCUT2D eigenvalue weighted by Crippen LogP contribution is 2.15. The molecule has 54 valence electrons. The Labute approximate surface area is 61.8 Å². The van der Waals surface area contributed by atoms with Gasteiger partial charge in [0.1, 0.15) is 0 Å². The number of ether oxygens (including phenoxy) is 1. The third kappa shape index (κ3) is 1.11. The summed E-state index contributed by atoms with van der Waals surface area (Å²) in [6.07, 6.45) is 1.34. The number of aromatic nitrogens is 2. The van der Waals surface area contributed by atoms with E-state index in [1.165, 1.54) is 13.3 Å². The monoisotopic (exact) mass is 160 g/mol. The van der Waals surface area contributed by atoms with Gasteiger partial charge in [0.2, 0.25) is 0 Å². The van der Waals surface area contributed by atoms with Crippen molar-refractivity contribution in [3.63, 3.8) is 0 Å². The molecule has 1 aromatic rings. The van der Waals surface area contributed by atoms with Gasteiger partial charge in [0, 0.05) is 0 Å². The van der Waals surface area contributed by atoms with Gasteiger partial charge < -0.3 is 4.74 Å². The van der Waals surface area contributed by atoms with Crippen LogP contribution in [-0.2, 0) is 0 Å². The van der Waals surface area contributed by atoms with Gasteiger partial charge in [0.25, 0.3) is 5.56 Å². The Morgan fingerprint density at radius 1 is 1.80 bits per heavy atom. The van der Waals surface area contributed by atoms with Crippen molar-refractivity contribution in [2.45, 2.75) is 0 Å². The van der Waals surface area contributed by atoms with Crippen LogP contribution >= 0.6 is 11.6 Å². The predicted octanol–water partition coefficient (Wildman–Crippen LogP) is 0.432. The topological polar surface area (TPSA) is 55.0 Å². The van der Waals surface area contributed by atoms with Gasteiger partial charge >= 0.3 is 0 Å². The molecule has 0 unspecified atom stereocenters. The minimum absolute atomic E-state index is 0.0255. The first kappa shape index (κ1) is 7.08. The first-order valence-electron chi connectivity index (χ1n) is 2.53. The number of halogens is 1. The Balaban J connectivity index is 3.28. The molecule has 0 saturated carbocycles. The number of H-pyrrole nitrogens is 1. The van der Waals surface area contributed by atoms with Crippen molar-refractivity contribution >= 4 is 11.6 Å². The van der Waals surface area contributed by atoms with Crippen molar-refractivity contribution in [2.24, 2.45) is 0 Å². The minimum atomic E-state index is -0.444. The molecule has 0 spiro atoms. The van der Waals surface area contributed by atoms with Crippen molar-refractivity contribution in [3.05, 3.63) is 21.6 Å². The molecule has 0 saturated heterocycles. The number of hydrogen-bond acceptors (Lipinski definition) is 3. The Kier molecular flexibility index (Phi) is 1.91. The number of rotatable bonds is 1. The molecule has 0 fully saturated rings. The molecule has 0 bridgehead atoms. The summed E-state index contributed by atoms with van der Waals surface area (Å²) in [5, 5.41) is 5.65. The van der Waals surface area contributed by atoms with Crippen LogP contribution in [0.3, 0.4) is 0 Å². The van der Waals surface area contributed by atoms with Crippen LogP contribution < -0.4 is 10.3 Å². The number of methoxy groups -OCH3 is 1. The van der Waals surface area contributed by atoms with E-state index >= 15 is 0 Å². The van der Waals surface area contributed by atoms with Crippen molar-refractivity contribution in [3.8, 4) is 5.75 Å². The Bertz CT molecular complexity index is 283. The zero-order chi connectivity index (χ0) is 7.56. The van der Waals surface area contributed by atoms with Crippen molar-refractivity contribution in [2.75, 3.05) is 7.11 Å². The lowest BCUT2D eigenvalue weighted by Gasteiger charge is -1.97. The lowest BCUT2D eigenvalue weighted by atomic mass is 10.5.